The van der Waals surface area contributed by atoms with Crippen molar-refractivity contribution in [3.63, 3.8) is 0 Å². The summed E-state index contributed by atoms with van der Waals surface area (Å²) < 4.78 is 26.1. The molecule has 1 aliphatic rings. The lowest BCUT2D eigenvalue weighted by atomic mass is 10.4. The van der Waals surface area contributed by atoms with E-state index in [0.29, 0.717) is 12.8 Å². The van der Waals surface area contributed by atoms with Gasteiger partial charge >= 0.3 is 0 Å². The van der Waals surface area contributed by atoms with Crippen LogP contribution in [0.3, 0.4) is 0 Å². The summed E-state index contributed by atoms with van der Waals surface area (Å²) in [4.78, 5) is 3.79. The maximum Gasteiger partial charge on any atom is 0.236 e. The molecule has 0 aliphatic heterocycles. The Morgan fingerprint density at radius 2 is 2.06 bits per heavy atom. The van der Waals surface area contributed by atoms with Gasteiger partial charge in [-0.25, -0.2) is 13.4 Å². The fraction of sp³-hybridized carbons (Fsp3) is 0.500. The Bertz CT molecular complexity index is 467. The van der Waals surface area contributed by atoms with Gasteiger partial charge in [0.25, 0.3) is 0 Å². The minimum Gasteiger partial charge on any atom is -0.504 e. The standard InChI is InChI=1S/C10H14N2O3S/c13-9-6-3-7-11-10(9)12-16(14,15)8-4-1-2-5-8/h3,6-8,13H,1-2,4-5H2,(H,11,12). The van der Waals surface area contributed by atoms with Gasteiger partial charge in [0.05, 0.1) is 5.25 Å². The van der Waals surface area contributed by atoms with Crippen LogP contribution in [0.15, 0.2) is 18.3 Å². The highest BCUT2D eigenvalue weighted by molar-refractivity contribution is 7.93. The molecule has 5 nitrogen and oxygen atoms in total. The van der Waals surface area contributed by atoms with Gasteiger partial charge in [-0.05, 0) is 25.0 Å². The number of sulfonamides is 1. The van der Waals surface area contributed by atoms with Gasteiger partial charge in [0, 0.05) is 6.20 Å². The molecule has 1 aromatic heterocycles. The highest BCUT2D eigenvalue weighted by atomic mass is 32.2. The molecule has 2 rings (SSSR count). The number of aromatic hydroxyl groups is 1. The van der Waals surface area contributed by atoms with E-state index in [1.165, 1.54) is 12.3 Å². The molecular weight excluding hydrogens is 228 g/mol. The van der Waals surface area contributed by atoms with Gasteiger partial charge in [-0.3, -0.25) is 4.72 Å². The second-order valence-electron chi connectivity index (χ2n) is 3.92. The lowest BCUT2D eigenvalue weighted by molar-refractivity contribution is 0.475. The summed E-state index contributed by atoms with van der Waals surface area (Å²) in [6, 6.07) is 2.95. The maximum absolute atomic E-state index is 11.9. The summed E-state index contributed by atoms with van der Waals surface area (Å²) in [5.41, 5.74) is 0. The molecular formula is C10H14N2O3S. The minimum atomic E-state index is -3.41. The molecule has 0 saturated heterocycles. The lowest BCUT2D eigenvalue weighted by Gasteiger charge is -2.13. The van der Waals surface area contributed by atoms with Gasteiger partial charge in [0.1, 0.15) is 0 Å². The average Bonchev–Trinajstić information content (AvgIpc) is 2.75. The third kappa shape index (κ3) is 2.27. The SMILES string of the molecule is O=S(=O)(Nc1ncccc1O)C1CCCC1. The van der Waals surface area contributed by atoms with Crippen LogP contribution in [-0.2, 0) is 10.0 Å². The first-order valence-corrected chi connectivity index (χ1v) is 6.80. The van der Waals surface area contributed by atoms with Crippen molar-refractivity contribution in [3.05, 3.63) is 18.3 Å². The van der Waals surface area contributed by atoms with E-state index in [0.717, 1.165) is 12.8 Å². The van der Waals surface area contributed by atoms with E-state index in [2.05, 4.69) is 9.71 Å². The van der Waals surface area contributed by atoms with E-state index >= 15 is 0 Å². The molecule has 88 valence electrons. The first-order chi connectivity index (χ1) is 7.59. The Balaban J connectivity index is 2.18. The van der Waals surface area contributed by atoms with E-state index < -0.39 is 10.0 Å². The van der Waals surface area contributed by atoms with Crippen LogP contribution in [0.4, 0.5) is 5.82 Å². The molecule has 1 saturated carbocycles. The van der Waals surface area contributed by atoms with E-state index in [1.54, 1.807) is 6.07 Å². The van der Waals surface area contributed by atoms with E-state index in [1.807, 2.05) is 0 Å². The summed E-state index contributed by atoms with van der Waals surface area (Å²) in [6.07, 6.45) is 4.69. The number of hydrogen-bond donors (Lipinski definition) is 2. The summed E-state index contributed by atoms with van der Waals surface area (Å²) in [5, 5.41) is 9.07. The number of anilines is 1. The van der Waals surface area contributed by atoms with Gasteiger partial charge in [0.2, 0.25) is 10.0 Å². The van der Waals surface area contributed by atoms with Crippen molar-refractivity contribution in [2.24, 2.45) is 0 Å². The van der Waals surface area contributed by atoms with Crippen LogP contribution in [0.25, 0.3) is 0 Å². The Kier molecular flexibility index (Phi) is 3.00. The number of nitrogens with one attached hydrogen (secondary N) is 1. The summed E-state index contributed by atoms with van der Waals surface area (Å²) in [7, 11) is -3.41. The molecule has 6 heteroatoms. The molecule has 0 unspecified atom stereocenters. The zero-order chi connectivity index (χ0) is 11.6. The van der Waals surface area contributed by atoms with Crippen LogP contribution in [0.5, 0.6) is 5.75 Å². The molecule has 1 aromatic rings. The molecule has 0 atom stereocenters. The Morgan fingerprint density at radius 3 is 2.69 bits per heavy atom. The Hall–Kier alpha value is -1.30. The molecule has 1 heterocycles. The lowest BCUT2D eigenvalue weighted by Crippen LogP contribution is -2.25. The normalized spacial score (nSPS) is 17.5. The highest BCUT2D eigenvalue weighted by Gasteiger charge is 2.29. The van der Waals surface area contributed by atoms with E-state index in [-0.39, 0.29) is 16.8 Å². The molecule has 1 aliphatic carbocycles. The number of nitrogens with zero attached hydrogens (tertiary/aromatic N) is 1. The summed E-state index contributed by atoms with van der Waals surface area (Å²) in [5.74, 6) is -0.140. The Morgan fingerprint density at radius 1 is 1.38 bits per heavy atom. The van der Waals surface area contributed by atoms with E-state index in [4.69, 9.17) is 0 Å². The average molecular weight is 242 g/mol. The second-order valence-corrected chi connectivity index (χ2v) is 5.89. The van der Waals surface area contributed by atoms with Crippen molar-refractivity contribution in [2.45, 2.75) is 30.9 Å². The molecule has 16 heavy (non-hydrogen) atoms. The van der Waals surface area contributed by atoms with Crippen molar-refractivity contribution < 1.29 is 13.5 Å². The predicted molar refractivity (Wildman–Crippen MR) is 60.7 cm³/mol. The van der Waals surface area contributed by atoms with Gasteiger partial charge in [0.15, 0.2) is 11.6 Å². The molecule has 0 aromatic carbocycles. The summed E-state index contributed by atoms with van der Waals surface area (Å²) in [6.45, 7) is 0. The van der Waals surface area contributed by atoms with Crippen molar-refractivity contribution in [1.29, 1.82) is 0 Å². The zero-order valence-electron chi connectivity index (χ0n) is 8.76. The van der Waals surface area contributed by atoms with Gasteiger partial charge < -0.3 is 5.11 Å². The predicted octanol–water partition coefficient (Wildman–Crippen LogP) is 1.47. The van der Waals surface area contributed by atoms with Crippen molar-refractivity contribution >= 4 is 15.8 Å². The van der Waals surface area contributed by atoms with Gasteiger partial charge in [-0.2, -0.15) is 0 Å². The van der Waals surface area contributed by atoms with E-state index in [9.17, 15) is 13.5 Å². The van der Waals surface area contributed by atoms with Crippen LogP contribution in [0, 0.1) is 0 Å². The molecule has 1 fully saturated rings. The fourth-order valence-corrected chi connectivity index (χ4v) is 3.44. The van der Waals surface area contributed by atoms with Crippen LogP contribution >= 0.6 is 0 Å². The van der Waals surface area contributed by atoms with Crippen LogP contribution in [0.2, 0.25) is 0 Å². The van der Waals surface area contributed by atoms with Gasteiger partial charge in [-0.1, -0.05) is 12.8 Å². The van der Waals surface area contributed by atoms with Crippen molar-refractivity contribution in [3.8, 4) is 5.75 Å². The second kappa shape index (κ2) is 4.29. The third-order valence-electron chi connectivity index (χ3n) is 2.77. The number of pyridine rings is 1. The largest absolute Gasteiger partial charge is 0.504 e. The van der Waals surface area contributed by atoms with Crippen LogP contribution in [0.1, 0.15) is 25.7 Å². The molecule has 0 radical (unpaired) electrons. The molecule has 2 N–H and O–H groups in total. The van der Waals surface area contributed by atoms with Crippen molar-refractivity contribution in [2.75, 3.05) is 4.72 Å². The number of aromatic nitrogens is 1. The number of hydrogen-bond acceptors (Lipinski definition) is 4. The first kappa shape index (κ1) is 11.2. The third-order valence-corrected chi connectivity index (χ3v) is 4.59. The number of rotatable bonds is 3. The first-order valence-electron chi connectivity index (χ1n) is 5.25. The van der Waals surface area contributed by atoms with Crippen molar-refractivity contribution in [1.82, 2.24) is 4.98 Å². The summed E-state index contributed by atoms with van der Waals surface area (Å²) >= 11 is 0. The van der Waals surface area contributed by atoms with Crippen LogP contribution < -0.4 is 4.72 Å². The molecule has 0 spiro atoms. The topological polar surface area (TPSA) is 79.3 Å². The Labute approximate surface area is 94.6 Å². The van der Waals surface area contributed by atoms with Crippen LogP contribution in [-0.4, -0.2) is 23.8 Å². The highest BCUT2D eigenvalue weighted by Crippen LogP contribution is 2.27. The monoisotopic (exact) mass is 242 g/mol. The fourth-order valence-electron chi connectivity index (χ4n) is 1.89. The molecule has 0 amide bonds. The molecule has 0 bridgehead atoms. The minimum absolute atomic E-state index is 0.00870. The zero-order valence-corrected chi connectivity index (χ0v) is 9.57. The maximum atomic E-state index is 11.9. The van der Waals surface area contributed by atoms with Gasteiger partial charge in [-0.15, -0.1) is 0 Å². The smallest absolute Gasteiger partial charge is 0.236 e. The quantitative estimate of drug-likeness (QED) is 0.841.